The highest BCUT2D eigenvalue weighted by molar-refractivity contribution is 5.98. The van der Waals surface area contributed by atoms with Crippen molar-refractivity contribution in [3.05, 3.63) is 28.3 Å². The molecule has 0 saturated carbocycles. The molecular weight excluding hydrogens is 306 g/mol. The van der Waals surface area contributed by atoms with Crippen molar-refractivity contribution in [3.8, 4) is 0 Å². The summed E-state index contributed by atoms with van der Waals surface area (Å²) in [6.45, 7) is 3.05. The predicted octanol–water partition coefficient (Wildman–Crippen LogP) is 2.73. The zero-order valence-corrected chi connectivity index (χ0v) is 14.6. The first-order valence-electron chi connectivity index (χ1n) is 8.64. The van der Waals surface area contributed by atoms with Gasteiger partial charge in [-0.15, -0.1) is 0 Å². The topological polar surface area (TPSA) is 75.6 Å². The zero-order chi connectivity index (χ0) is 17.5. The molecule has 5 heteroatoms. The fourth-order valence-corrected chi connectivity index (χ4v) is 3.90. The first kappa shape index (κ1) is 17.0. The molecule has 0 aliphatic heterocycles. The van der Waals surface area contributed by atoms with Crippen LogP contribution in [0.3, 0.4) is 0 Å². The number of ether oxygens (including phenoxy) is 1. The number of nitrogens with one attached hydrogen (secondary N) is 1. The summed E-state index contributed by atoms with van der Waals surface area (Å²) in [5, 5.41) is 12.5. The van der Waals surface area contributed by atoms with Gasteiger partial charge in [-0.2, -0.15) is 0 Å². The normalized spacial score (nSPS) is 19.3. The zero-order valence-electron chi connectivity index (χ0n) is 14.6. The van der Waals surface area contributed by atoms with Gasteiger partial charge in [-0.25, -0.2) is 4.79 Å². The van der Waals surface area contributed by atoms with Crippen molar-refractivity contribution in [2.45, 2.75) is 58.0 Å². The first-order valence-corrected chi connectivity index (χ1v) is 8.64. The van der Waals surface area contributed by atoms with Gasteiger partial charge in [0, 0.05) is 12.8 Å². The standard InChI is InChI=1S/C19H25NO4/c1-11(19(2,24-3)18(22)23)17(21)20-16-14-8-4-6-12(14)10-13-7-5-9-15(13)16/h10-11H,4-9H2,1-3H3,(H,20,21)(H,22,23). The largest absolute Gasteiger partial charge is 0.479 e. The lowest BCUT2D eigenvalue weighted by Gasteiger charge is -2.29. The molecule has 2 aliphatic carbocycles. The van der Waals surface area contributed by atoms with Crippen LogP contribution >= 0.6 is 0 Å². The monoisotopic (exact) mass is 331 g/mol. The number of hydrogen-bond donors (Lipinski definition) is 2. The molecule has 2 N–H and O–H groups in total. The number of aliphatic carboxylic acids is 1. The van der Waals surface area contributed by atoms with Crippen molar-refractivity contribution in [2.75, 3.05) is 12.4 Å². The number of anilines is 1. The third kappa shape index (κ3) is 2.61. The molecular formula is C19H25NO4. The maximum Gasteiger partial charge on any atom is 0.336 e. The first-order chi connectivity index (χ1) is 11.4. The summed E-state index contributed by atoms with van der Waals surface area (Å²) < 4.78 is 5.14. The van der Waals surface area contributed by atoms with Crippen LogP contribution in [0.15, 0.2) is 6.07 Å². The summed E-state index contributed by atoms with van der Waals surface area (Å²) in [6.07, 6.45) is 6.31. The molecule has 0 spiro atoms. The molecule has 3 rings (SSSR count). The summed E-state index contributed by atoms with van der Waals surface area (Å²) in [5.74, 6) is -2.22. The van der Waals surface area contributed by atoms with Crippen molar-refractivity contribution in [3.63, 3.8) is 0 Å². The summed E-state index contributed by atoms with van der Waals surface area (Å²) in [5.41, 5.74) is 4.57. The predicted molar refractivity (Wildman–Crippen MR) is 91.3 cm³/mol. The van der Waals surface area contributed by atoms with Crippen LogP contribution in [0.25, 0.3) is 0 Å². The number of rotatable bonds is 5. The number of hydrogen-bond acceptors (Lipinski definition) is 3. The highest BCUT2D eigenvalue weighted by Crippen LogP contribution is 2.39. The number of aryl methyl sites for hydroxylation is 2. The lowest BCUT2D eigenvalue weighted by molar-refractivity contribution is -0.168. The minimum Gasteiger partial charge on any atom is -0.479 e. The number of methoxy groups -OCH3 is 1. The van der Waals surface area contributed by atoms with Crippen LogP contribution < -0.4 is 5.32 Å². The molecule has 0 aromatic heterocycles. The number of fused-ring (bicyclic) bond motifs is 2. The van der Waals surface area contributed by atoms with Crippen LogP contribution in [-0.4, -0.2) is 29.7 Å². The highest BCUT2D eigenvalue weighted by Gasteiger charge is 2.43. The number of carboxylic acid groups (broad SMARTS) is 1. The second-order valence-electron chi connectivity index (χ2n) is 7.06. The molecule has 5 nitrogen and oxygen atoms in total. The van der Waals surface area contributed by atoms with Crippen molar-refractivity contribution >= 4 is 17.6 Å². The van der Waals surface area contributed by atoms with Crippen molar-refractivity contribution in [2.24, 2.45) is 5.92 Å². The average Bonchev–Trinajstić information content (AvgIpc) is 3.21. The van der Waals surface area contributed by atoms with Gasteiger partial charge in [0.05, 0.1) is 5.92 Å². The van der Waals surface area contributed by atoms with Crippen LogP contribution in [0, 0.1) is 5.92 Å². The van der Waals surface area contributed by atoms with Gasteiger partial charge in [-0.1, -0.05) is 13.0 Å². The van der Waals surface area contributed by atoms with E-state index in [2.05, 4.69) is 11.4 Å². The van der Waals surface area contributed by atoms with E-state index in [4.69, 9.17) is 4.74 Å². The molecule has 24 heavy (non-hydrogen) atoms. The van der Waals surface area contributed by atoms with E-state index in [0.29, 0.717) is 0 Å². The number of carboxylic acids is 1. The summed E-state index contributed by atoms with van der Waals surface area (Å²) in [7, 11) is 1.33. The second-order valence-corrected chi connectivity index (χ2v) is 7.06. The Morgan fingerprint density at radius 3 is 2.17 bits per heavy atom. The Balaban J connectivity index is 1.92. The molecule has 1 amide bonds. The lowest BCUT2D eigenvalue weighted by atomic mass is 9.89. The van der Waals surface area contributed by atoms with Crippen LogP contribution in [-0.2, 0) is 40.0 Å². The maximum atomic E-state index is 12.8. The Hall–Kier alpha value is -1.88. The van der Waals surface area contributed by atoms with E-state index >= 15 is 0 Å². The number of carbonyl (C=O) groups excluding carboxylic acids is 1. The van der Waals surface area contributed by atoms with E-state index in [1.165, 1.54) is 36.3 Å². The van der Waals surface area contributed by atoms with E-state index in [9.17, 15) is 14.7 Å². The number of amides is 1. The molecule has 1 aromatic carbocycles. The van der Waals surface area contributed by atoms with Crippen LogP contribution in [0.5, 0.6) is 0 Å². The van der Waals surface area contributed by atoms with E-state index < -0.39 is 17.5 Å². The fraction of sp³-hybridized carbons (Fsp3) is 0.579. The van der Waals surface area contributed by atoms with Gasteiger partial charge in [0.2, 0.25) is 5.91 Å². The van der Waals surface area contributed by atoms with Gasteiger partial charge in [0.1, 0.15) is 0 Å². The summed E-state index contributed by atoms with van der Waals surface area (Å²) in [6, 6.07) is 2.31. The Morgan fingerprint density at radius 2 is 1.71 bits per heavy atom. The van der Waals surface area contributed by atoms with E-state index in [-0.39, 0.29) is 5.91 Å². The van der Waals surface area contributed by atoms with E-state index in [0.717, 1.165) is 44.2 Å². The Kier molecular flexibility index (Phi) is 4.38. The highest BCUT2D eigenvalue weighted by atomic mass is 16.5. The molecule has 2 unspecified atom stereocenters. The molecule has 0 heterocycles. The maximum absolute atomic E-state index is 12.8. The lowest BCUT2D eigenvalue weighted by Crippen LogP contribution is -2.48. The van der Waals surface area contributed by atoms with E-state index in [1.54, 1.807) is 6.92 Å². The minimum atomic E-state index is -1.54. The van der Waals surface area contributed by atoms with Gasteiger partial charge >= 0.3 is 5.97 Å². The Bertz CT molecular complexity index is 665. The van der Waals surface area contributed by atoms with Gasteiger partial charge in [0.15, 0.2) is 5.60 Å². The van der Waals surface area contributed by atoms with Gasteiger partial charge < -0.3 is 15.2 Å². The molecule has 1 aromatic rings. The van der Waals surface area contributed by atoms with E-state index in [1.807, 2.05) is 0 Å². The summed E-state index contributed by atoms with van der Waals surface area (Å²) >= 11 is 0. The summed E-state index contributed by atoms with van der Waals surface area (Å²) in [4.78, 5) is 24.3. The quantitative estimate of drug-likeness (QED) is 0.870. The van der Waals surface area contributed by atoms with Crippen LogP contribution in [0.4, 0.5) is 5.69 Å². The van der Waals surface area contributed by atoms with Gasteiger partial charge in [-0.05, 0) is 67.7 Å². The SMILES string of the molecule is COC(C)(C(=O)O)C(C)C(=O)Nc1c2c(cc3c1CCC3)CCC2. The minimum absolute atomic E-state index is 0.295. The van der Waals surface area contributed by atoms with Gasteiger partial charge in [0.25, 0.3) is 0 Å². The molecule has 130 valence electrons. The molecule has 0 fully saturated rings. The number of carbonyl (C=O) groups is 2. The number of benzene rings is 1. The fourth-order valence-electron chi connectivity index (χ4n) is 3.90. The van der Waals surface area contributed by atoms with Crippen LogP contribution in [0.2, 0.25) is 0 Å². The Labute approximate surface area is 142 Å². The van der Waals surface area contributed by atoms with Crippen LogP contribution in [0.1, 0.15) is 48.9 Å². The molecule has 0 bridgehead atoms. The van der Waals surface area contributed by atoms with Crippen molar-refractivity contribution in [1.29, 1.82) is 0 Å². The second kappa shape index (κ2) is 6.20. The Morgan fingerprint density at radius 1 is 1.17 bits per heavy atom. The molecule has 2 atom stereocenters. The molecule has 2 aliphatic rings. The average molecular weight is 331 g/mol. The smallest absolute Gasteiger partial charge is 0.336 e. The molecule has 0 radical (unpaired) electrons. The third-order valence-corrected chi connectivity index (χ3v) is 5.79. The van der Waals surface area contributed by atoms with Gasteiger partial charge in [-0.3, -0.25) is 4.79 Å². The third-order valence-electron chi connectivity index (χ3n) is 5.79. The molecule has 0 saturated heterocycles. The van der Waals surface area contributed by atoms with Crippen molar-refractivity contribution < 1.29 is 19.4 Å². The van der Waals surface area contributed by atoms with Crippen molar-refractivity contribution in [1.82, 2.24) is 0 Å².